The predicted molar refractivity (Wildman–Crippen MR) is 101 cm³/mol. The summed E-state index contributed by atoms with van der Waals surface area (Å²) in [5.74, 6) is 0.256. The Morgan fingerprint density at radius 1 is 1.00 bits per heavy atom. The van der Waals surface area contributed by atoms with Crippen molar-refractivity contribution in [2.24, 2.45) is 0 Å². The van der Waals surface area contributed by atoms with Crippen molar-refractivity contribution in [2.75, 3.05) is 13.1 Å². The number of phenols is 1. The van der Waals surface area contributed by atoms with Gasteiger partial charge in [0.15, 0.2) is 5.75 Å². The Morgan fingerprint density at radius 3 is 2.52 bits per heavy atom. The van der Waals surface area contributed by atoms with Crippen LogP contribution in [0.4, 0.5) is 0 Å². The summed E-state index contributed by atoms with van der Waals surface area (Å²) in [6.07, 6.45) is 5.43. The molecule has 2 N–H and O–H groups in total. The maximum absolute atomic E-state index is 11.0. The van der Waals surface area contributed by atoms with Crippen LogP contribution in [0.5, 0.6) is 5.75 Å². The molecule has 4 rings (SSSR count). The Balaban J connectivity index is 1.90. The molecule has 0 amide bonds. The molecular formula is C21H22ClN2O+. The molecule has 3 aromatic rings. The molecule has 1 aliphatic heterocycles. The molecule has 2 aromatic carbocycles. The summed E-state index contributed by atoms with van der Waals surface area (Å²) < 4.78 is 0. The van der Waals surface area contributed by atoms with Crippen LogP contribution in [0.15, 0.2) is 54.7 Å². The number of hydrogen-bond acceptors (Lipinski definition) is 2. The Bertz CT molecular complexity index is 876. The lowest BCUT2D eigenvalue weighted by Crippen LogP contribution is -3.13. The van der Waals surface area contributed by atoms with E-state index < -0.39 is 0 Å². The number of aromatic nitrogens is 1. The number of halogens is 1. The second-order valence-electron chi connectivity index (χ2n) is 6.76. The van der Waals surface area contributed by atoms with E-state index in [1.165, 1.54) is 29.7 Å². The molecule has 2 heterocycles. The monoisotopic (exact) mass is 353 g/mol. The van der Waals surface area contributed by atoms with Gasteiger partial charge in [0.05, 0.1) is 23.7 Å². The summed E-state index contributed by atoms with van der Waals surface area (Å²) >= 11 is 6.54. The van der Waals surface area contributed by atoms with E-state index in [4.69, 9.17) is 11.6 Å². The molecule has 1 aliphatic rings. The van der Waals surface area contributed by atoms with E-state index in [9.17, 15) is 5.11 Å². The summed E-state index contributed by atoms with van der Waals surface area (Å²) in [5, 5.41) is 12.4. The molecule has 0 unspecified atom stereocenters. The number of hydrogen-bond donors (Lipinski definition) is 2. The Kier molecular flexibility index (Phi) is 4.60. The molecule has 1 saturated heterocycles. The second-order valence-corrected chi connectivity index (χ2v) is 7.17. The quantitative estimate of drug-likeness (QED) is 0.752. The van der Waals surface area contributed by atoms with Crippen LogP contribution in [0.1, 0.15) is 36.4 Å². The first kappa shape index (κ1) is 16.4. The standard InChI is InChI=1S/C21H21ClN2O/c22-18-14-17(21(25)19-16(18)10-7-11-23-19)20(15-8-3-1-4-9-15)24-12-5-2-6-13-24/h1,3-4,7-11,14,20,25H,2,5-6,12-13H2/p+1/t20-/m1/s1. The fourth-order valence-electron chi connectivity index (χ4n) is 4.00. The van der Waals surface area contributed by atoms with Crippen LogP contribution in [0.25, 0.3) is 10.9 Å². The highest BCUT2D eigenvalue weighted by Gasteiger charge is 2.31. The molecule has 25 heavy (non-hydrogen) atoms. The van der Waals surface area contributed by atoms with Crippen LogP contribution in [-0.4, -0.2) is 23.2 Å². The lowest BCUT2D eigenvalue weighted by molar-refractivity contribution is -0.930. The number of phenolic OH excluding ortho intramolecular Hbond substituents is 1. The first-order chi connectivity index (χ1) is 12.3. The largest absolute Gasteiger partial charge is 0.505 e. The molecule has 3 nitrogen and oxygen atoms in total. The molecule has 0 aliphatic carbocycles. The van der Waals surface area contributed by atoms with Crippen molar-refractivity contribution in [2.45, 2.75) is 25.3 Å². The number of piperidine rings is 1. The average molecular weight is 354 g/mol. The zero-order chi connectivity index (χ0) is 17.2. The van der Waals surface area contributed by atoms with Crippen LogP contribution in [0.3, 0.4) is 0 Å². The van der Waals surface area contributed by atoms with Crippen molar-refractivity contribution >= 4 is 22.5 Å². The van der Waals surface area contributed by atoms with Gasteiger partial charge in [0.2, 0.25) is 0 Å². The van der Waals surface area contributed by atoms with Gasteiger partial charge in [0, 0.05) is 17.1 Å². The topological polar surface area (TPSA) is 37.6 Å². The van der Waals surface area contributed by atoms with Gasteiger partial charge in [-0.15, -0.1) is 0 Å². The lowest BCUT2D eigenvalue weighted by Gasteiger charge is -2.32. The first-order valence-electron chi connectivity index (χ1n) is 8.91. The van der Waals surface area contributed by atoms with E-state index in [-0.39, 0.29) is 11.8 Å². The maximum atomic E-state index is 11.0. The van der Waals surface area contributed by atoms with Gasteiger partial charge in [-0.1, -0.05) is 41.9 Å². The molecule has 4 heteroatoms. The van der Waals surface area contributed by atoms with E-state index in [1.807, 2.05) is 24.3 Å². The lowest BCUT2D eigenvalue weighted by atomic mass is 9.93. The summed E-state index contributed by atoms with van der Waals surface area (Å²) in [4.78, 5) is 5.87. The van der Waals surface area contributed by atoms with Gasteiger partial charge >= 0.3 is 0 Å². The van der Waals surface area contributed by atoms with Crippen molar-refractivity contribution in [1.29, 1.82) is 0 Å². The molecule has 0 saturated carbocycles. The minimum absolute atomic E-state index is 0.0745. The number of pyridine rings is 1. The number of rotatable bonds is 3. The fraction of sp³-hybridized carbons (Fsp3) is 0.286. The number of nitrogens with one attached hydrogen (secondary N) is 1. The van der Waals surface area contributed by atoms with Crippen molar-refractivity contribution < 1.29 is 10.0 Å². The van der Waals surface area contributed by atoms with Gasteiger partial charge in [-0.05, 0) is 37.5 Å². The number of aromatic hydroxyl groups is 1. The SMILES string of the molecule is Oc1c([C@@H](c2ccccc2)[NH+]2CCCCC2)cc(Cl)c2cccnc12. The van der Waals surface area contributed by atoms with E-state index in [0.717, 1.165) is 24.0 Å². The molecule has 1 aromatic heterocycles. The molecule has 128 valence electrons. The highest BCUT2D eigenvalue weighted by Crippen LogP contribution is 2.37. The van der Waals surface area contributed by atoms with Crippen molar-refractivity contribution in [3.8, 4) is 5.75 Å². The van der Waals surface area contributed by atoms with Crippen LogP contribution in [0, 0.1) is 0 Å². The van der Waals surface area contributed by atoms with Gasteiger partial charge in [-0.25, -0.2) is 0 Å². The summed E-state index contributed by atoms with van der Waals surface area (Å²) in [5.41, 5.74) is 2.67. The van der Waals surface area contributed by atoms with Crippen molar-refractivity contribution in [1.82, 2.24) is 4.98 Å². The normalized spacial score (nSPS) is 16.8. The summed E-state index contributed by atoms with van der Waals surface area (Å²) in [6, 6.07) is 16.2. The van der Waals surface area contributed by atoms with E-state index in [0.29, 0.717) is 10.5 Å². The Hall–Kier alpha value is -2.10. The van der Waals surface area contributed by atoms with Gasteiger partial charge in [-0.3, -0.25) is 4.98 Å². The third-order valence-corrected chi connectivity index (χ3v) is 5.51. The predicted octanol–water partition coefficient (Wildman–Crippen LogP) is 3.75. The van der Waals surface area contributed by atoms with E-state index >= 15 is 0 Å². The van der Waals surface area contributed by atoms with E-state index in [2.05, 4.69) is 29.2 Å². The second kappa shape index (κ2) is 7.03. The minimum Gasteiger partial charge on any atom is -0.505 e. The van der Waals surface area contributed by atoms with Gasteiger partial charge in [0.25, 0.3) is 0 Å². The molecule has 0 spiro atoms. The highest BCUT2D eigenvalue weighted by molar-refractivity contribution is 6.35. The van der Waals surface area contributed by atoms with Crippen LogP contribution in [0.2, 0.25) is 5.02 Å². The Labute approximate surface area is 152 Å². The maximum Gasteiger partial charge on any atom is 0.151 e. The summed E-state index contributed by atoms with van der Waals surface area (Å²) in [6.45, 7) is 2.22. The number of quaternary nitrogens is 1. The fourth-order valence-corrected chi connectivity index (χ4v) is 4.27. The van der Waals surface area contributed by atoms with Gasteiger partial charge in [-0.2, -0.15) is 0 Å². The van der Waals surface area contributed by atoms with Crippen LogP contribution in [-0.2, 0) is 0 Å². The van der Waals surface area contributed by atoms with Crippen LogP contribution < -0.4 is 4.90 Å². The number of likely N-dealkylation sites (tertiary alicyclic amines) is 1. The molecule has 1 fully saturated rings. The third kappa shape index (κ3) is 3.10. The summed E-state index contributed by atoms with van der Waals surface area (Å²) in [7, 11) is 0. The molecule has 0 bridgehead atoms. The zero-order valence-corrected chi connectivity index (χ0v) is 14.8. The van der Waals surface area contributed by atoms with Crippen molar-refractivity contribution in [3.63, 3.8) is 0 Å². The van der Waals surface area contributed by atoms with E-state index in [1.54, 1.807) is 6.20 Å². The number of benzene rings is 2. The number of fused-ring (bicyclic) bond motifs is 1. The smallest absolute Gasteiger partial charge is 0.151 e. The minimum atomic E-state index is 0.0745. The molecule has 1 atom stereocenters. The third-order valence-electron chi connectivity index (χ3n) is 5.19. The average Bonchev–Trinajstić information content (AvgIpc) is 2.68. The Morgan fingerprint density at radius 2 is 1.76 bits per heavy atom. The van der Waals surface area contributed by atoms with Gasteiger partial charge in [0.1, 0.15) is 11.6 Å². The van der Waals surface area contributed by atoms with Crippen LogP contribution >= 0.6 is 11.6 Å². The molecule has 0 radical (unpaired) electrons. The zero-order valence-electron chi connectivity index (χ0n) is 14.1. The number of nitrogens with zero attached hydrogens (tertiary/aromatic N) is 1. The van der Waals surface area contributed by atoms with Crippen molar-refractivity contribution in [3.05, 3.63) is 70.9 Å². The first-order valence-corrected chi connectivity index (χ1v) is 9.29. The van der Waals surface area contributed by atoms with Gasteiger partial charge < -0.3 is 10.0 Å². The highest BCUT2D eigenvalue weighted by atomic mass is 35.5. The molecular weight excluding hydrogens is 332 g/mol.